The number of rotatable bonds is 3. The zero-order chi connectivity index (χ0) is 8.81. The molecule has 0 bridgehead atoms. The van der Waals surface area contributed by atoms with Gasteiger partial charge in [0, 0.05) is 0 Å². The molecule has 12 heavy (non-hydrogen) atoms. The van der Waals surface area contributed by atoms with E-state index >= 15 is 0 Å². The second-order valence-electron chi connectivity index (χ2n) is 2.07. The molecule has 0 aliphatic carbocycles. The maximum absolute atomic E-state index is 10.9. The van der Waals surface area contributed by atoms with Crippen molar-refractivity contribution in [3.63, 3.8) is 0 Å². The zero-order valence-electron chi connectivity index (χ0n) is 6.65. The first kappa shape index (κ1) is 8.45. The molecule has 0 radical (unpaired) electrons. The third-order valence-electron chi connectivity index (χ3n) is 1.15. The van der Waals surface area contributed by atoms with Crippen LogP contribution in [0.15, 0.2) is 23.1 Å². The Bertz CT molecular complexity index is 266. The van der Waals surface area contributed by atoms with Gasteiger partial charge in [0.1, 0.15) is 0 Å². The van der Waals surface area contributed by atoms with Crippen molar-refractivity contribution in [2.24, 2.45) is 0 Å². The van der Waals surface area contributed by atoms with Crippen LogP contribution in [0.5, 0.6) is 0 Å². The van der Waals surface area contributed by atoms with Gasteiger partial charge in [-0.05, 0) is 13.0 Å². The number of nitrogens with zero attached hydrogens (tertiary/aromatic N) is 2. The van der Waals surface area contributed by atoms with E-state index in [0.29, 0.717) is 12.4 Å². The van der Waals surface area contributed by atoms with E-state index in [4.69, 9.17) is 0 Å². The van der Waals surface area contributed by atoms with Gasteiger partial charge in [-0.3, -0.25) is 4.79 Å². The quantitative estimate of drug-likeness (QED) is 0.656. The van der Waals surface area contributed by atoms with Crippen molar-refractivity contribution in [2.45, 2.75) is 13.5 Å². The van der Waals surface area contributed by atoms with Crippen LogP contribution < -0.4 is 5.32 Å². The lowest BCUT2D eigenvalue weighted by atomic mass is 10.5. The molecule has 0 saturated heterocycles. The lowest BCUT2D eigenvalue weighted by Gasteiger charge is -1.94. The number of amides is 1. The summed E-state index contributed by atoms with van der Waals surface area (Å²) in [5.41, 5.74) is 0. The average Bonchev–Trinajstić information content (AvgIpc) is 2.53. The molecule has 0 aliphatic heterocycles. The molecule has 5 heteroatoms. The molecule has 64 valence electrons. The summed E-state index contributed by atoms with van der Waals surface area (Å²) in [6.07, 6.45) is 4.31. The lowest BCUT2D eigenvalue weighted by molar-refractivity contribution is -0.116. The number of nitrogens with one attached hydrogen (secondary N) is 1. The number of aromatic nitrogens is 2. The fraction of sp³-hybridized carbons (Fsp3) is 0.286. The lowest BCUT2D eigenvalue weighted by Crippen LogP contribution is -2.20. The van der Waals surface area contributed by atoms with Crippen molar-refractivity contribution in [2.75, 3.05) is 0 Å². The van der Waals surface area contributed by atoms with Crippen molar-refractivity contribution in [3.8, 4) is 0 Å². The normalized spacial score (nSPS) is 10.4. The maximum atomic E-state index is 10.9. The average molecular weight is 167 g/mol. The Balaban J connectivity index is 2.31. The monoisotopic (exact) mass is 167 g/mol. The standard InChI is InChI=1S/C7H9N3O2/c1-2-3-7(11)8-4-6-9-5-12-10-6/h2-3,5H,4H2,1H3,(H,8,11)/b3-2+. The fourth-order valence-corrected chi connectivity index (χ4v) is 0.647. The summed E-state index contributed by atoms with van der Waals surface area (Å²) in [5.74, 6) is 0.301. The molecule has 0 fully saturated rings. The Kier molecular flexibility index (Phi) is 3.01. The van der Waals surface area contributed by atoms with E-state index < -0.39 is 0 Å². The molecule has 5 nitrogen and oxygen atoms in total. The second-order valence-corrected chi connectivity index (χ2v) is 2.07. The van der Waals surface area contributed by atoms with Gasteiger partial charge in [-0.2, -0.15) is 4.98 Å². The van der Waals surface area contributed by atoms with Crippen LogP contribution in [-0.4, -0.2) is 16.0 Å². The highest BCUT2D eigenvalue weighted by atomic mass is 16.5. The summed E-state index contributed by atoms with van der Waals surface area (Å²) in [6.45, 7) is 2.06. The van der Waals surface area contributed by atoms with Crippen LogP contribution in [0.4, 0.5) is 0 Å². The van der Waals surface area contributed by atoms with E-state index in [0.717, 1.165) is 0 Å². The number of carbonyl (C=O) groups is 1. The molecule has 0 saturated carbocycles. The number of hydrogen-bond donors (Lipinski definition) is 1. The first-order valence-electron chi connectivity index (χ1n) is 3.48. The molecule has 0 aromatic carbocycles. The molecule has 0 spiro atoms. The van der Waals surface area contributed by atoms with Gasteiger partial charge in [-0.1, -0.05) is 11.2 Å². The Morgan fingerprint density at radius 1 is 1.83 bits per heavy atom. The van der Waals surface area contributed by atoms with Crippen LogP contribution in [-0.2, 0) is 11.3 Å². The molecule has 0 atom stereocenters. The van der Waals surface area contributed by atoms with Crippen molar-refractivity contribution in [1.29, 1.82) is 0 Å². The van der Waals surface area contributed by atoms with E-state index in [-0.39, 0.29) is 5.91 Å². The van der Waals surface area contributed by atoms with E-state index in [2.05, 4.69) is 20.0 Å². The van der Waals surface area contributed by atoms with Crippen LogP contribution in [0, 0.1) is 0 Å². The molecular formula is C7H9N3O2. The van der Waals surface area contributed by atoms with E-state index in [1.54, 1.807) is 13.0 Å². The van der Waals surface area contributed by atoms with Gasteiger partial charge in [-0.25, -0.2) is 0 Å². The minimum Gasteiger partial charge on any atom is -0.345 e. The summed E-state index contributed by atoms with van der Waals surface area (Å²) in [5, 5.41) is 6.10. The number of hydrogen-bond acceptors (Lipinski definition) is 4. The summed E-state index contributed by atoms with van der Waals surface area (Å²) in [4.78, 5) is 14.6. The van der Waals surface area contributed by atoms with Crippen molar-refractivity contribution in [3.05, 3.63) is 24.4 Å². The molecule has 0 unspecified atom stereocenters. The van der Waals surface area contributed by atoms with Crippen molar-refractivity contribution in [1.82, 2.24) is 15.5 Å². The summed E-state index contributed by atoms with van der Waals surface area (Å²) in [7, 11) is 0. The van der Waals surface area contributed by atoms with Crippen LogP contribution in [0.25, 0.3) is 0 Å². The Morgan fingerprint density at radius 2 is 2.67 bits per heavy atom. The largest absolute Gasteiger partial charge is 0.345 e. The highest BCUT2D eigenvalue weighted by Crippen LogP contribution is 1.86. The topological polar surface area (TPSA) is 68.0 Å². The Hall–Kier alpha value is -1.65. The molecule has 1 aromatic heterocycles. The minimum absolute atomic E-state index is 0.165. The van der Waals surface area contributed by atoms with Crippen LogP contribution in [0.1, 0.15) is 12.7 Å². The Morgan fingerprint density at radius 3 is 3.25 bits per heavy atom. The SMILES string of the molecule is C/C=C/C(=O)NCc1ncon1. The molecule has 1 N–H and O–H groups in total. The van der Waals surface area contributed by atoms with Gasteiger partial charge >= 0.3 is 0 Å². The predicted octanol–water partition coefficient (Wildman–Crippen LogP) is 0.262. The van der Waals surface area contributed by atoms with Crippen molar-refractivity contribution >= 4 is 5.91 Å². The van der Waals surface area contributed by atoms with Crippen LogP contribution in [0.3, 0.4) is 0 Å². The third kappa shape index (κ3) is 2.53. The van der Waals surface area contributed by atoms with Gasteiger partial charge in [0.15, 0.2) is 5.82 Å². The molecule has 1 rings (SSSR count). The van der Waals surface area contributed by atoms with Crippen molar-refractivity contribution < 1.29 is 9.32 Å². The Labute approximate surface area is 69.5 Å². The number of carbonyl (C=O) groups excluding carboxylic acids is 1. The van der Waals surface area contributed by atoms with Gasteiger partial charge in [0.05, 0.1) is 6.54 Å². The minimum atomic E-state index is -0.165. The highest BCUT2D eigenvalue weighted by molar-refractivity contribution is 5.87. The van der Waals surface area contributed by atoms with Gasteiger partial charge in [0.25, 0.3) is 0 Å². The number of allylic oxidation sites excluding steroid dienone is 1. The first-order chi connectivity index (χ1) is 5.83. The first-order valence-corrected chi connectivity index (χ1v) is 3.48. The molecule has 1 amide bonds. The molecule has 1 heterocycles. The third-order valence-corrected chi connectivity index (χ3v) is 1.15. The zero-order valence-corrected chi connectivity index (χ0v) is 6.65. The van der Waals surface area contributed by atoms with E-state index in [9.17, 15) is 4.79 Å². The molecule has 0 aliphatic rings. The fourth-order valence-electron chi connectivity index (χ4n) is 0.647. The highest BCUT2D eigenvalue weighted by Gasteiger charge is 1.98. The summed E-state index contributed by atoms with van der Waals surface area (Å²) < 4.78 is 4.48. The van der Waals surface area contributed by atoms with E-state index in [1.165, 1.54) is 12.5 Å². The van der Waals surface area contributed by atoms with Gasteiger partial charge < -0.3 is 9.84 Å². The van der Waals surface area contributed by atoms with Crippen LogP contribution >= 0.6 is 0 Å². The van der Waals surface area contributed by atoms with Gasteiger partial charge in [-0.15, -0.1) is 0 Å². The maximum Gasteiger partial charge on any atom is 0.244 e. The predicted molar refractivity (Wildman–Crippen MR) is 41.0 cm³/mol. The summed E-state index contributed by atoms with van der Waals surface area (Å²) >= 11 is 0. The summed E-state index contributed by atoms with van der Waals surface area (Å²) in [6, 6.07) is 0. The molecule has 1 aromatic rings. The van der Waals surface area contributed by atoms with E-state index in [1.807, 2.05) is 0 Å². The second kappa shape index (κ2) is 4.27. The van der Waals surface area contributed by atoms with Gasteiger partial charge in [0.2, 0.25) is 12.3 Å². The van der Waals surface area contributed by atoms with Crippen LogP contribution in [0.2, 0.25) is 0 Å². The smallest absolute Gasteiger partial charge is 0.244 e. The molecular weight excluding hydrogens is 158 g/mol.